The second-order valence-corrected chi connectivity index (χ2v) is 6.30. The van der Waals surface area contributed by atoms with E-state index in [1.165, 1.54) is 5.56 Å². The van der Waals surface area contributed by atoms with Crippen LogP contribution >= 0.6 is 0 Å². The molecular weight excluding hydrogens is 324 g/mol. The van der Waals surface area contributed by atoms with Crippen molar-refractivity contribution >= 4 is 23.1 Å². The fourth-order valence-corrected chi connectivity index (χ4v) is 2.65. The van der Waals surface area contributed by atoms with Crippen LogP contribution in [-0.4, -0.2) is 15.2 Å². The van der Waals surface area contributed by atoms with E-state index < -0.39 is 0 Å². The highest BCUT2D eigenvalue weighted by atomic mass is 15.3. The van der Waals surface area contributed by atoms with Crippen molar-refractivity contribution in [3.63, 3.8) is 0 Å². The van der Waals surface area contributed by atoms with Crippen molar-refractivity contribution in [3.8, 4) is 6.07 Å². The Kier molecular flexibility index (Phi) is 5.09. The van der Waals surface area contributed by atoms with Crippen molar-refractivity contribution in [2.75, 3.05) is 10.6 Å². The maximum absolute atomic E-state index is 8.87. The molecule has 6 heteroatoms. The third kappa shape index (κ3) is 3.95. The zero-order chi connectivity index (χ0) is 18.5. The Hall–Kier alpha value is -3.46. The second kappa shape index (κ2) is 7.62. The average molecular weight is 344 g/mol. The van der Waals surface area contributed by atoms with Gasteiger partial charge in [0.2, 0.25) is 5.95 Å². The van der Waals surface area contributed by atoms with Crippen molar-refractivity contribution in [1.82, 2.24) is 15.2 Å². The maximum Gasteiger partial charge on any atom is 0.249 e. The first-order valence-electron chi connectivity index (χ1n) is 8.40. The summed E-state index contributed by atoms with van der Waals surface area (Å²) < 4.78 is 0. The van der Waals surface area contributed by atoms with Crippen molar-refractivity contribution in [3.05, 3.63) is 65.4 Å². The van der Waals surface area contributed by atoms with Gasteiger partial charge in [0.1, 0.15) is 0 Å². The van der Waals surface area contributed by atoms with Gasteiger partial charge in [0.15, 0.2) is 5.82 Å². The summed E-state index contributed by atoms with van der Waals surface area (Å²) in [7, 11) is 0. The summed E-state index contributed by atoms with van der Waals surface area (Å²) in [5, 5.41) is 23.5. The molecule has 0 aliphatic heterocycles. The van der Waals surface area contributed by atoms with Gasteiger partial charge in [-0.25, -0.2) is 0 Å². The van der Waals surface area contributed by atoms with Crippen LogP contribution in [0, 0.1) is 18.3 Å². The predicted molar refractivity (Wildman–Crippen MR) is 103 cm³/mol. The average Bonchev–Trinajstić information content (AvgIpc) is 2.64. The van der Waals surface area contributed by atoms with Gasteiger partial charge in [-0.2, -0.15) is 15.3 Å². The van der Waals surface area contributed by atoms with E-state index in [0.717, 1.165) is 16.9 Å². The van der Waals surface area contributed by atoms with Crippen molar-refractivity contribution < 1.29 is 0 Å². The Balaban J connectivity index is 1.83. The van der Waals surface area contributed by atoms with E-state index in [1.807, 2.05) is 12.1 Å². The number of aromatic nitrogens is 3. The Labute approximate surface area is 152 Å². The minimum absolute atomic E-state index is 0.380. The topological polar surface area (TPSA) is 86.5 Å². The summed E-state index contributed by atoms with van der Waals surface area (Å²) >= 11 is 0. The molecule has 0 bridgehead atoms. The SMILES string of the molecule is Cc1cccc(C(C)C)c1Nc1nncc(Nc2ccc(C#N)cc2)n1. The lowest BCUT2D eigenvalue weighted by atomic mass is 9.98. The summed E-state index contributed by atoms with van der Waals surface area (Å²) in [6.45, 7) is 6.37. The molecule has 3 aromatic rings. The fourth-order valence-electron chi connectivity index (χ4n) is 2.65. The van der Waals surface area contributed by atoms with E-state index in [2.05, 4.69) is 70.9 Å². The number of hydrogen-bond donors (Lipinski definition) is 2. The van der Waals surface area contributed by atoms with E-state index >= 15 is 0 Å². The van der Waals surface area contributed by atoms with Crippen molar-refractivity contribution in [2.24, 2.45) is 0 Å². The van der Waals surface area contributed by atoms with Gasteiger partial charge in [0.25, 0.3) is 0 Å². The van der Waals surface area contributed by atoms with Crippen molar-refractivity contribution in [2.45, 2.75) is 26.7 Å². The number of nitriles is 1. The third-order valence-electron chi connectivity index (χ3n) is 4.01. The van der Waals surface area contributed by atoms with Gasteiger partial charge < -0.3 is 10.6 Å². The van der Waals surface area contributed by atoms with E-state index in [9.17, 15) is 0 Å². The van der Waals surface area contributed by atoms with Crippen LogP contribution in [0.5, 0.6) is 0 Å². The summed E-state index contributed by atoms with van der Waals surface area (Å²) in [4.78, 5) is 4.49. The van der Waals surface area contributed by atoms with Gasteiger partial charge in [-0.15, -0.1) is 5.10 Å². The molecule has 2 aromatic carbocycles. The Morgan fingerprint density at radius 1 is 1.04 bits per heavy atom. The lowest BCUT2D eigenvalue weighted by Gasteiger charge is -2.16. The molecule has 0 saturated carbocycles. The molecule has 1 heterocycles. The van der Waals surface area contributed by atoms with Gasteiger partial charge in [-0.05, 0) is 48.2 Å². The second-order valence-electron chi connectivity index (χ2n) is 6.30. The molecule has 3 rings (SSSR count). The number of aryl methyl sites for hydroxylation is 1. The highest BCUT2D eigenvalue weighted by Gasteiger charge is 2.11. The summed E-state index contributed by atoms with van der Waals surface area (Å²) in [5.74, 6) is 1.39. The molecule has 26 heavy (non-hydrogen) atoms. The predicted octanol–water partition coefficient (Wildman–Crippen LogP) is 4.66. The zero-order valence-electron chi connectivity index (χ0n) is 15.0. The minimum atomic E-state index is 0.380. The van der Waals surface area contributed by atoms with Crippen LogP contribution in [0.15, 0.2) is 48.7 Å². The van der Waals surface area contributed by atoms with Gasteiger partial charge in [0.05, 0.1) is 17.8 Å². The van der Waals surface area contributed by atoms with Crippen LogP contribution in [0.1, 0.15) is 36.5 Å². The number of anilines is 4. The molecule has 0 atom stereocenters. The molecule has 6 nitrogen and oxygen atoms in total. The zero-order valence-corrected chi connectivity index (χ0v) is 15.0. The Morgan fingerprint density at radius 3 is 2.50 bits per heavy atom. The van der Waals surface area contributed by atoms with Gasteiger partial charge in [-0.1, -0.05) is 32.0 Å². The summed E-state index contributed by atoms with van der Waals surface area (Å²) in [6.07, 6.45) is 1.56. The molecule has 0 radical (unpaired) electrons. The maximum atomic E-state index is 8.87. The molecule has 0 unspecified atom stereocenters. The first-order valence-corrected chi connectivity index (χ1v) is 8.40. The number of hydrogen-bond acceptors (Lipinski definition) is 6. The smallest absolute Gasteiger partial charge is 0.249 e. The van der Waals surface area contributed by atoms with Crippen LogP contribution in [0.4, 0.5) is 23.1 Å². The number of nitrogens with zero attached hydrogens (tertiary/aromatic N) is 4. The third-order valence-corrected chi connectivity index (χ3v) is 4.01. The summed E-state index contributed by atoms with van der Waals surface area (Å²) in [6, 6.07) is 15.5. The van der Waals surface area contributed by atoms with E-state index in [-0.39, 0.29) is 0 Å². The number of nitrogens with one attached hydrogen (secondary N) is 2. The van der Waals surface area contributed by atoms with E-state index in [0.29, 0.717) is 23.2 Å². The molecule has 0 aliphatic rings. The number of benzene rings is 2. The first kappa shape index (κ1) is 17.4. The van der Waals surface area contributed by atoms with Crippen LogP contribution in [0.25, 0.3) is 0 Å². The number of para-hydroxylation sites is 1. The van der Waals surface area contributed by atoms with E-state index in [4.69, 9.17) is 5.26 Å². The van der Waals surface area contributed by atoms with Gasteiger partial charge in [-0.3, -0.25) is 0 Å². The standard InChI is InChI=1S/C20H20N6/c1-13(2)17-6-4-5-14(3)19(17)25-20-24-18(12-22-26-20)23-16-9-7-15(11-21)8-10-16/h4-10,12-13H,1-3H3,(H2,23,24,25,26). The van der Waals surface area contributed by atoms with Gasteiger partial charge in [0, 0.05) is 11.4 Å². The minimum Gasteiger partial charge on any atom is -0.339 e. The quantitative estimate of drug-likeness (QED) is 0.700. The van der Waals surface area contributed by atoms with Gasteiger partial charge >= 0.3 is 0 Å². The summed E-state index contributed by atoms with van der Waals surface area (Å²) in [5.41, 5.74) is 4.79. The molecule has 0 amide bonds. The van der Waals surface area contributed by atoms with E-state index in [1.54, 1.807) is 18.3 Å². The number of rotatable bonds is 5. The van der Waals surface area contributed by atoms with Crippen LogP contribution in [0.2, 0.25) is 0 Å². The highest BCUT2D eigenvalue weighted by molar-refractivity contribution is 5.65. The molecule has 0 saturated heterocycles. The molecule has 0 spiro atoms. The molecule has 2 N–H and O–H groups in total. The molecule has 130 valence electrons. The molecule has 1 aromatic heterocycles. The fraction of sp³-hybridized carbons (Fsp3) is 0.200. The van der Waals surface area contributed by atoms with Crippen molar-refractivity contribution in [1.29, 1.82) is 5.26 Å². The lowest BCUT2D eigenvalue weighted by molar-refractivity contribution is 0.865. The largest absolute Gasteiger partial charge is 0.339 e. The van der Waals surface area contributed by atoms with Crippen LogP contribution < -0.4 is 10.6 Å². The molecular formula is C20H20N6. The lowest BCUT2D eigenvalue weighted by Crippen LogP contribution is -2.06. The first-order chi connectivity index (χ1) is 12.6. The Morgan fingerprint density at radius 2 is 1.81 bits per heavy atom. The highest BCUT2D eigenvalue weighted by Crippen LogP contribution is 2.29. The molecule has 0 fully saturated rings. The Bertz CT molecular complexity index is 941. The monoisotopic (exact) mass is 344 g/mol. The van der Waals surface area contributed by atoms with Crippen LogP contribution in [-0.2, 0) is 0 Å². The normalized spacial score (nSPS) is 10.4. The molecule has 0 aliphatic carbocycles. The van der Waals surface area contributed by atoms with Crippen LogP contribution in [0.3, 0.4) is 0 Å².